The van der Waals surface area contributed by atoms with Gasteiger partial charge in [0.2, 0.25) is 0 Å². The van der Waals surface area contributed by atoms with Crippen LogP contribution in [-0.2, 0) is 0 Å². The van der Waals surface area contributed by atoms with Gasteiger partial charge >= 0.3 is 6.18 Å². The average molecular weight is 303 g/mol. The monoisotopic (exact) mass is 301 g/mol. The lowest BCUT2D eigenvalue weighted by molar-refractivity contribution is -0.131. The third-order valence-electron chi connectivity index (χ3n) is 1.65. The van der Waals surface area contributed by atoms with Gasteiger partial charge in [0.15, 0.2) is 0 Å². The summed E-state index contributed by atoms with van der Waals surface area (Å²) in [4.78, 5) is 0. The van der Waals surface area contributed by atoms with Crippen LogP contribution in [0.25, 0.3) is 0 Å². The van der Waals surface area contributed by atoms with E-state index >= 15 is 0 Å². The highest BCUT2D eigenvalue weighted by atomic mass is 79.9. The molecule has 6 heteroatoms. The highest BCUT2D eigenvalue weighted by Gasteiger charge is 2.26. The smallest absolute Gasteiger partial charge is 0.383 e. The van der Waals surface area contributed by atoms with E-state index in [1.807, 2.05) is 0 Å². The van der Waals surface area contributed by atoms with Crippen LogP contribution in [0.4, 0.5) is 18.9 Å². The SMILES string of the molecule is FC(F)(F)CCNc1cc(Br)ccc1Cl. The summed E-state index contributed by atoms with van der Waals surface area (Å²) in [6.07, 6.45) is -5.03. The quantitative estimate of drug-likeness (QED) is 0.869. The van der Waals surface area contributed by atoms with Gasteiger partial charge in [-0.15, -0.1) is 0 Å². The molecule has 0 aliphatic heterocycles. The second kappa shape index (κ2) is 5.07. The number of anilines is 1. The van der Waals surface area contributed by atoms with Gasteiger partial charge in [0, 0.05) is 11.0 Å². The molecule has 1 rings (SSSR count). The summed E-state index contributed by atoms with van der Waals surface area (Å²) in [5.41, 5.74) is 0.496. The molecule has 15 heavy (non-hydrogen) atoms. The Kier molecular flexibility index (Phi) is 4.28. The van der Waals surface area contributed by atoms with Crippen molar-refractivity contribution in [2.24, 2.45) is 0 Å². The van der Waals surface area contributed by atoms with Crippen LogP contribution in [0.1, 0.15) is 6.42 Å². The van der Waals surface area contributed by atoms with E-state index in [0.717, 1.165) is 4.47 Å². The van der Waals surface area contributed by atoms with Crippen LogP contribution in [0.15, 0.2) is 22.7 Å². The molecule has 0 aliphatic carbocycles. The Labute approximate surface area is 98.7 Å². The van der Waals surface area contributed by atoms with E-state index in [9.17, 15) is 13.2 Å². The second-order valence-corrected chi connectivity index (χ2v) is 4.24. The first-order chi connectivity index (χ1) is 6.88. The van der Waals surface area contributed by atoms with E-state index in [0.29, 0.717) is 10.7 Å². The minimum absolute atomic E-state index is 0.181. The van der Waals surface area contributed by atoms with Gasteiger partial charge in [-0.1, -0.05) is 27.5 Å². The van der Waals surface area contributed by atoms with Gasteiger partial charge in [-0.25, -0.2) is 0 Å². The summed E-state index contributed by atoms with van der Waals surface area (Å²) in [6, 6.07) is 4.97. The Balaban J connectivity index is 2.54. The predicted octanol–water partition coefficient (Wildman–Crippen LogP) is 4.47. The average Bonchev–Trinajstić information content (AvgIpc) is 2.09. The third-order valence-corrected chi connectivity index (χ3v) is 2.48. The minimum atomic E-state index is -4.15. The van der Waals surface area contributed by atoms with Crippen molar-refractivity contribution in [1.82, 2.24) is 0 Å². The van der Waals surface area contributed by atoms with Crippen molar-refractivity contribution in [3.63, 3.8) is 0 Å². The maximum atomic E-state index is 11.9. The standard InChI is InChI=1S/C9H8BrClF3N/c10-6-1-2-7(11)8(5-6)15-4-3-9(12,13)14/h1-2,5,15H,3-4H2. The summed E-state index contributed by atoms with van der Waals surface area (Å²) in [6.45, 7) is -0.181. The van der Waals surface area contributed by atoms with Crippen molar-refractivity contribution >= 4 is 33.2 Å². The van der Waals surface area contributed by atoms with Gasteiger partial charge < -0.3 is 5.32 Å². The van der Waals surface area contributed by atoms with Crippen LogP contribution in [-0.4, -0.2) is 12.7 Å². The molecule has 0 heterocycles. The van der Waals surface area contributed by atoms with Crippen molar-refractivity contribution in [2.45, 2.75) is 12.6 Å². The summed E-state index contributed by atoms with van der Waals surface area (Å²) in [7, 11) is 0. The molecular weight excluding hydrogens is 294 g/mol. The van der Waals surface area contributed by atoms with Crippen molar-refractivity contribution in [2.75, 3.05) is 11.9 Å². The Bertz CT molecular complexity index is 341. The predicted molar refractivity (Wildman–Crippen MR) is 58.3 cm³/mol. The van der Waals surface area contributed by atoms with Crippen LogP contribution < -0.4 is 5.32 Å². The molecule has 0 saturated heterocycles. The summed E-state index contributed by atoms with van der Waals surface area (Å²) >= 11 is 8.99. The summed E-state index contributed by atoms with van der Waals surface area (Å²) in [5.74, 6) is 0. The Morgan fingerprint density at radius 1 is 1.33 bits per heavy atom. The first-order valence-electron chi connectivity index (χ1n) is 4.14. The maximum Gasteiger partial charge on any atom is 0.390 e. The fraction of sp³-hybridized carbons (Fsp3) is 0.333. The van der Waals surface area contributed by atoms with Gasteiger partial charge in [-0.3, -0.25) is 0 Å². The van der Waals surface area contributed by atoms with Crippen LogP contribution in [0.5, 0.6) is 0 Å². The second-order valence-electron chi connectivity index (χ2n) is 2.92. The van der Waals surface area contributed by atoms with Crippen molar-refractivity contribution in [3.05, 3.63) is 27.7 Å². The van der Waals surface area contributed by atoms with Gasteiger partial charge in [0.05, 0.1) is 17.1 Å². The molecular formula is C9H8BrClF3N. The third kappa shape index (κ3) is 4.75. The molecule has 0 aromatic heterocycles. The number of nitrogens with one attached hydrogen (secondary N) is 1. The van der Waals surface area contributed by atoms with Crippen molar-refractivity contribution in [3.8, 4) is 0 Å². The van der Waals surface area contributed by atoms with E-state index in [-0.39, 0.29) is 6.54 Å². The Morgan fingerprint density at radius 3 is 2.60 bits per heavy atom. The maximum absolute atomic E-state index is 11.9. The lowest BCUT2D eigenvalue weighted by Crippen LogP contribution is -2.14. The number of halogens is 5. The number of rotatable bonds is 3. The van der Waals surface area contributed by atoms with Gasteiger partial charge in [-0.05, 0) is 18.2 Å². The van der Waals surface area contributed by atoms with Crippen LogP contribution in [0.3, 0.4) is 0 Å². The van der Waals surface area contributed by atoms with Crippen molar-refractivity contribution in [1.29, 1.82) is 0 Å². The molecule has 1 aromatic carbocycles. The molecule has 0 bridgehead atoms. The highest BCUT2D eigenvalue weighted by Crippen LogP contribution is 2.26. The van der Waals surface area contributed by atoms with E-state index < -0.39 is 12.6 Å². The molecule has 0 amide bonds. The lowest BCUT2D eigenvalue weighted by atomic mass is 10.3. The van der Waals surface area contributed by atoms with Crippen LogP contribution in [0.2, 0.25) is 5.02 Å². The fourth-order valence-electron chi connectivity index (χ4n) is 0.972. The topological polar surface area (TPSA) is 12.0 Å². The van der Waals surface area contributed by atoms with E-state index in [2.05, 4.69) is 21.2 Å². The molecule has 0 spiro atoms. The summed E-state index contributed by atoms with van der Waals surface area (Å²) in [5, 5.41) is 3.03. The number of hydrogen-bond donors (Lipinski definition) is 1. The van der Waals surface area contributed by atoms with Gasteiger partial charge in [0.25, 0.3) is 0 Å². The molecule has 84 valence electrons. The molecule has 1 aromatic rings. The van der Waals surface area contributed by atoms with E-state index in [4.69, 9.17) is 11.6 Å². The molecule has 0 radical (unpaired) electrons. The van der Waals surface area contributed by atoms with Gasteiger partial charge in [-0.2, -0.15) is 13.2 Å². The largest absolute Gasteiger partial charge is 0.390 e. The first-order valence-corrected chi connectivity index (χ1v) is 5.31. The van der Waals surface area contributed by atoms with Crippen LogP contribution in [0, 0.1) is 0 Å². The minimum Gasteiger partial charge on any atom is -0.383 e. The molecule has 1 N–H and O–H groups in total. The van der Waals surface area contributed by atoms with Gasteiger partial charge in [0.1, 0.15) is 0 Å². The van der Waals surface area contributed by atoms with E-state index in [1.54, 1.807) is 18.2 Å². The first kappa shape index (κ1) is 12.6. The van der Waals surface area contributed by atoms with Crippen LogP contribution >= 0.6 is 27.5 Å². The van der Waals surface area contributed by atoms with E-state index in [1.165, 1.54) is 0 Å². The molecule has 1 nitrogen and oxygen atoms in total. The lowest BCUT2D eigenvalue weighted by Gasteiger charge is -2.10. The molecule has 0 unspecified atom stereocenters. The normalized spacial score (nSPS) is 11.5. The molecule has 0 aliphatic rings. The Hall–Kier alpha value is -0.420. The molecule has 0 saturated carbocycles. The molecule has 0 atom stereocenters. The van der Waals surface area contributed by atoms with Crippen molar-refractivity contribution < 1.29 is 13.2 Å². The number of hydrogen-bond acceptors (Lipinski definition) is 1. The summed E-state index contributed by atoms with van der Waals surface area (Å²) < 4.78 is 36.3. The zero-order valence-corrected chi connectivity index (χ0v) is 9.88. The zero-order chi connectivity index (χ0) is 11.5. The highest BCUT2D eigenvalue weighted by molar-refractivity contribution is 9.10. The number of alkyl halides is 3. The number of benzene rings is 1. The fourth-order valence-corrected chi connectivity index (χ4v) is 1.52. The Morgan fingerprint density at radius 2 is 2.00 bits per heavy atom. The molecule has 0 fully saturated rings. The zero-order valence-electron chi connectivity index (χ0n) is 7.54.